The summed E-state index contributed by atoms with van der Waals surface area (Å²) in [6.45, 7) is 1.91. The molecule has 1 aromatic carbocycles. The Bertz CT molecular complexity index is 871. The molecule has 24 heavy (non-hydrogen) atoms. The average Bonchev–Trinajstić information content (AvgIpc) is 3.05. The zero-order valence-corrected chi connectivity index (χ0v) is 13.2. The molecule has 0 amide bonds. The standard InChI is InChI=1S/C15H13ClN4O3.Li.H/c1-8-17-12(7-20(8)2)9-3-10(5-11(16)4-9)15-19-18-13(23-15)6-14(21)22;;/h3-5,7H,6H2,1-2H3,(H,21,22);;. The summed E-state index contributed by atoms with van der Waals surface area (Å²) >= 11 is 6.17. The van der Waals surface area contributed by atoms with Crippen LogP contribution in [0.4, 0.5) is 0 Å². The van der Waals surface area contributed by atoms with Gasteiger partial charge in [-0.1, -0.05) is 11.6 Å². The Kier molecular flexibility index (Phi) is 5.50. The Morgan fingerprint density at radius 3 is 2.62 bits per heavy atom. The van der Waals surface area contributed by atoms with Gasteiger partial charge < -0.3 is 14.1 Å². The zero-order valence-electron chi connectivity index (χ0n) is 12.4. The van der Waals surface area contributed by atoms with Gasteiger partial charge in [0.25, 0.3) is 0 Å². The Morgan fingerprint density at radius 1 is 1.29 bits per heavy atom. The van der Waals surface area contributed by atoms with Crippen molar-refractivity contribution in [2.45, 2.75) is 13.3 Å². The van der Waals surface area contributed by atoms with E-state index in [0.29, 0.717) is 10.6 Å². The van der Waals surface area contributed by atoms with Crippen LogP contribution in [0.3, 0.4) is 0 Å². The second-order valence-electron chi connectivity index (χ2n) is 5.08. The number of halogens is 1. The maximum atomic E-state index is 10.7. The van der Waals surface area contributed by atoms with E-state index in [1.165, 1.54) is 0 Å². The van der Waals surface area contributed by atoms with Gasteiger partial charge in [-0.25, -0.2) is 4.98 Å². The number of hydrogen-bond donors (Lipinski definition) is 1. The summed E-state index contributed by atoms with van der Waals surface area (Å²) in [4.78, 5) is 15.1. The van der Waals surface area contributed by atoms with Gasteiger partial charge >= 0.3 is 24.8 Å². The maximum absolute atomic E-state index is 10.7. The first-order valence-electron chi connectivity index (χ1n) is 6.78. The van der Waals surface area contributed by atoms with Crippen molar-refractivity contribution in [3.8, 4) is 22.7 Å². The Balaban J connectivity index is 0.00000208. The molecule has 120 valence electrons. The molecule has 0 aliphatic heterocycles. The first-order valence-corrected chi connectivity index (χ1v) is 7.15. The van der Waals surface area contributed by atoms with Crippen LogP contribution in [-0.4, -0.2) is 49.7 Å². The molecular formula is C15H14ClLiN4O3. The molecular weight excluding hydrogens is 327 g/mol. The first kappa shape index (κ1) is 18.3. The second-order valence-corrected chi connectivity index (χ2v) is 5.52. The van der Waals surface area contributed by atoms with Gasteiger partial charge in [0, 0.05) is 29.4 Å². The summed E-state index contributed by atoms with van der Waals surface area (Å²) in [5.74, 6) is 0.111. The minimum absolute atomic E-state index is 0. The number of rotatable bonds is 4. The van der Waals surface area contributed by atoms with E-state index in [1.807, 2.05) is 30.8 Å². The minimum atomic E-state index is -1.03. The fourth-order valence-electron chi connectivity index (χ4n) is 2.13. The quantitative estimate of drug-likeness (QED) is 0.731. The van der Waals surface area contributed by atoms with E-state index in [2.05, 4.69) is 15.2 Å². The molecule has 0 atom stereocenters. The molecule has 1 N–H and O–H groups in total. The number of nitrogens with zero attached hydrogens (tertiary/aromatic N) is 4. The van der Waals surface area contributed by atoms with Crippen LogP contribution in [0.5, 0.6) is 0 Å². The van der Waals surface area contributed by atoms with Crippen molar-refractivity contribution >= 4 is 36.4 Å². The van der Waals surface area contributed by atoms with E-state index < -0.39 is 5.97 Å². The second kappa shape index (κ2) is 7.22. The number of hydrogen-bond acceptors (Lipinski definition) is 5. The molecule has 0 spiro atoms. The summed E-state index contributed by atoms with van der Waals surface area (Å²) in [6.07, 6.45) is 1.58. The van der Waals surface area contributed by atoms with E-state index in [4.69, 9.17) is 21.1 Å². The average molecular weight is 341 g/mol. The molecule has 0 radical (unpaired) electrons. The van der Waals surface area contributed by atoms with Crippen LogP contribution < -0.4 is 0 Å². The van der Waals surface area contributed by atoms with Crippen molar-refractivity contribution in [3.05, 3.63) is 41.1 Å². The molecule has 0 saturated heterocycles. The van der Waals surface area contributed by atoms with Crippen molar-refractivity contribution in [2.24, 2.45) is 7.05 Å². The number of aryl methyl sites for hydroxylation is 2. The number of carboxylic acid groups (broad SMARTS) is 1. The Hall–Kier alpha value is -2.07. The number of carboxylic acids is 1. The van der Waals surface area contributed by atoms with Crippen LogP contribution in [0.2, 0.25) is 5.02 Å². The Morgan fingerprint density at radius 2 is 2.00 bits per heavy atom. The third kappa shape index (κ3) is 3.87. The fourth-order valence-corrected chi connectivity index (χ4v) is 2.37. The van der Waals surface area contributed by atoms with Gasteiger partial charge in [0.1, 0.15) is 12.2 Å². The third-order valence-electron chi connectivity index (χ3n) is 3.32. The van der Waals surface area contributed by atoms with E-state index in [9.17, 15) is 4.79 Å². The molecule has 0 fully saturated rings. The molecule has 0 bridgehead atoms. The van der Waals surface area contributed by atoms with Crippen LogP contribution in [0.15, 0.2) is 28.8 Å². The molecule has 0 unspecified atom stereocenters. The van der Waals surface area contributed by atoms with Crippen LogP contribution in [0, 0.1) is 6.92 Å². The Labute approximate surface area is 154 Å². The molecule has 2 heterocycles. The predicted molar refractivity (Wildman–Crippen MR) is 90.2 cm³/mol. The molecule has 0 aliphatic carbocycles. The molecule has 3 aromatic rings. The third-order valence-corrected chi connectivity index (χ3v) is 3.54. The van der Waals surface area contributed by atoms with E-state index in [-0.39, 0.29) is 37.1 Å². The van der Waals surface area contributed by atoms with E-state index >= 15 is 0 Å². The molecule has 9 heteroatoms. The van der Waals surface area contributed by atoms with Gasteiger partial charge in [-0.2, -0.15) is 0 Å². The summed E-state index contributed by atoms with van der Waals surface area (Å²) < 4.78 is 7.28. The van der Waals surface area contributed by atoms with E-state index in [1.54, 1.807) is 12.1 Å². The number of aromatic nitrogens is 4. The fraction of sp³-hybridized carbons (Fsp3) is 0.200. The molecule has 2 aromatic heterocycles. The topological polar surface area (TPSA) is 94.0 Å². The first-order chi connectivity index (χ1) is 10.9. The van der Waals surface area contributed by atoms with Gasteiger partial charge in [-0.15, -0.1) is 10.2 Å². The summed E-state index contributed by atoms with van der Waals surface area (Å²) in [7, 11) is 1.91. The number of aliphatic carboxylic acids is 1. The van der Waals surface area contributed by atoms with Gasteiger partial charge in [0.05, 0.1) is 5.69 Å². The van der Waals surface area contributed by atoms with Crippen molar-refractivity contribution in [2.75, 3.05) is 0 Å². The van der Waals surface area contributed by atoms with Gasteiger partial charge in [0.2, 0.25) is 11.8 Å². The van der Waals surface area contributed by atoms with Gasteiger partial charge in [-0.05, 0) is 25.1 Å². The van der Waals surface area contributed by atoms with Crippen molar-refractivity contribution < 1.29 is 14.3 Å². The summed E-state index contributed by atoms with van der Waals surface area (Å²) in [5.41, 5.74) is 2.20. The SMILES string of the molecule is Cc1nc(-c2cc(Cl)cc(-c3nnc(CC(=O)O)o3)c2)cn1C.[LiH]. The summed E-state index contributed by atoms with van der Waals surface area (Å²) in [5, 5.41) is 16.8. The normalized spacial score (nSPS) is 10.5. The predicted octanol–water partition coefficient (Wildman–Crippen LogP) is 2.08. The van der Waals surface area contributed by atoms with Crippen molar-refractivity contribution in [3.63, 3.8) is 0 Å². The van der Waals surface area contributed by atoms with Crippen molar-refractivity contribution in [1.82, 2.24) is 19.7 Å². The van der Waals surface area contributed by atoms with Crippen molar-refractivity contribution in [1.29, 1.82) is 0 Å². The van der Waals surface area contributed by atoms with Crippen LogP contribution >= 0.6 is 11.6 Å². The zero-order chi connectivity index (χ0) is 16.6. The molecule has 3 rings (SSSR count). The molecule has 7 nitrogen and oxygen atoms in total. The van der Waals surface area contributed by atoms with Crippen LogP contribution in [-0.2, 0) is 18.3 Å². The number of carbonyl (C=O) groups is 1. The van der Waals surface area contributed by atoms with Gasteiger partial charge in [-0.3, -0.25) is 4.79 Å². The number of benzene rings is 1. The molecule has 0 saturated carbocycles. The van der Waals surface area contributed by atoms with E-state index in [0.717, 1.165) is 17.1 Å². The van der Waals surface area contributed by atoms with Crippen LogP contribution in [0.1, 0.15) is 11.7 Å². The summed E-state index contributed by atoms with van der Waals surface area (Å²) in [6, 6.07) is 5.30. The van der Waals surface area contributed by atoms with Gasteiger partial charge in [0.15, 0.2) is 0 Å². The number of imidazole rings is 1. The monoisotopic (exact) mass is 340 g/mol. The van der Waals surface area contributed by atoms with Crippen LogP contribution in [0.25, 0.3) is 22.7 Å². The molecule has 0 aliphatic rings.